The fourth-order valence-corrected chi connectivity index (χ4v) is 1.45. The van der Waals surface area contributed by atoms with Crippen molar-refractivity contribution in [3.63, 3.8) is 0 Å². The molecule has 0 saturated heterocycles. The van der Waals surface area contributed by atoms with Crippen LogP contribution in [0, 0.1) is 0 Å². The van der Waals surface area contributed by atoms with E-state index in [0.29, 0.717) is 18.0 Å². The molecule has 0 atom stereocenters. The monoisotopic (exact) mass is 219 g/mol. The Morgan fingerprint density at radius 2 is 2.25 bits per heavy atom. The number of hydrogen-bond donors (Lipinski definition) is 0. The summed E-state index contributed by atoms with van der Waals surface area (Å²) in [6, 6.07) is 7.10. The van der Waals surface area contributed by atoms with E-state index in [0.717, 1.165) is 0 Å². The van der Waals surface area contributed by atoms with Crippen LogP contribution in [0.25, 0.3) is 0 Å². The highest BCUT2D eigenvalue weighted by Crippen LogP contribution is 2.22. The van der Waals surface area contributed by atoms with Crippen LogP contribution in [0.5, 0.6) is 5.75 Å². The second kappa shape index (κ2) is 4.22. The van der Waals surface area contributed by atoms with Gasteiger partial charge in [0.25, 0.3) is 0 Å². The Hall–Kier alpha value is -2.04. The Balaban J connectivity index is 2.32. The summed E-state index contributed by atoms with van der Waals surface area (Å²) in [5.41, 5.74) is 0.701. The van der Waals surface area contributed by atoms with Gasteiger partial charge in [-0.15, -0.1) is 0 Å². The van der Waals surface area contributed by atoms with E-state index in [1.807, 2.05) is 18.2 Å². The van der Waals surface area contributed by atoms with Crippen molar-refractivity contribution in [2.75, 3.05) is 25.7 Å². The smallest absolute Gasteiger partial charge is 0.345 e. The summed E-state index contributed by atoms with van der Waals surface area (Å²) < 4.78 is 5.10. The summed E-state index contributed by atoms with van der Waals surface area (Å²) in [4.78, 5) is 13.4. The lowest BCUT2D eigenvalue weighted by Crippen LogP contribution is -2.43. The number of carbonyl (C=O) groups excluding carboxylic acids is 1. The van der Waals surface area contributed by atoms with Gasteiger partial charge in [0.2, 0.25) is 0 Å². The first-order chi connectivity index (χ1) is 7.72. The minimum atomic E-state index is -0.143. The lowest BCUT2D eigenvalue weighted by molar-refractivity contribution is 0.219. The van der Waals surface area contributed by atoms with Crippen molar-refractivity contribution >= 4 is 17.9 Å². The van der Waals surface area contributed by atoms with Gasteiger partial charge in [-0.3, -0.25) is 0 Å². The summed E-state index contributed by atoms with van der Waals surface area (Å²) in [5.74, 6) is 0.703. The predicted molar refractivity (Wildman–Crippen MR) is 62.0 cm³/mol. The second-order valence-electron chi connectivity index (χ2n) is 3.47. The Morgan fingerprint density at radius 3 is 3.00 bits per heavy atom. The molecule has 0 N–H and O–H groups in total. The molecule has 5 heteroatoms. The molecule has 0 aliphatic carbocycles. The van der Waals surface area contributed by atoms with Crippen LogP contribution in [0.1, 0.15) is 0 Å². The van der Waals surface area contributed by atoms with Crippen molar-refractivity contribution in [1.82, 2.24) is 4.90 Å². The summed E-state index contributed by atoms with van der Waals surface area (Å²) in [5, 5.41) is 5.42. The first-order valence-corrected chi connectivity index (χ1v) is 4.94. The maximum absolute atomic E-state index is 11.8. The molecule has 1 aliphatic heterocycles. The third-order valence-corrected chi connectivity index (χ3v) is 2.36. The molecule has 0 saturated carbocycles. The average molecular weight is 219 g/mol. The van der Waals surface area contributed by atoms with Gasteiger partial charge in [0.1, 0.15) is 5.75 Å². The zero-order valence-corrected chi connectivity index (χ0v) is 9.25. The highest BCUT2D eigenvalue weighted by Gasteiger charge is 2.21. The maximum atomic E-state index is 11.8. The molecule has 0 bridgehead atoms. The van der Waals surface area contributed by atoms with E-state index in [4.69, 9.17) is 4.74 Å². The zero-order chi connectivity index (χ0) is 11.5. The quantitative estimate of drug-likeness (QED) is 0.757. The topological polar surface area (TPSA) is 45.1 Å². The molecule has 2 amide bonds. The molecule has 1 aliphatic rings. The number of nitrogens with zero attached hydrogens (tertiary/aromatic N) is 3. The molecule has 0 fully saturated rings. The lowest BCUT2D eigenvalue weighted by Gasteiger charge is -2.27. The number of amides is 2. The van der Waals surface area contributed by atoms with Crippen molar-refractivity contribution in [3.05, 3.63) is 24.3 Å². The number of ether oxygens (including phenoxy) is 1. The number of hydrogen-bond acceptors (Lipinski definition) is 3. The predicted octanol–water partition coefficient (Wildman–Crippen LogP) is 1.55. The van der Waals surface area contributed by atoms with Gasteiger partial charge in [0.15, 0.2) is 0 Å². The largest absolute Gasteiger partial charge is 0.497 e. The van der Waals surface area contributed by atoms with Crippen LogP contribution in [0.4, 0.5) is 10.5 Å². The molecule has 16 heavy (non-hydrogen) atoms. The summed E-state index contributed by atoms with van der Waals surface area (Å²) in [6.07, 6.45) is 1.70. The van der Waals surface area contributed by atoms with E-state index in [2.05, 4.69) is 5.10 Å². The number of benzene rings is 1. The first kappa shape index (κ1) is 10.5. The number of carbonyl (C=O) groups is 1. The van der Waals surface area contributed by atoms with E-state index in [1.54, 1.807) is 31.3 Å². The molecule has 1 aromatic rings. The van der Waals surface area contributed by atoms with Gasteiger partial charge in [0.05, 0.1) is 19.3 Å². The lowest BCUT2D eigenvalue weighted by atomic mass is 10.3. The number of methoxy groups -OCH3 is 1. The van der Waals surface area contributed by atoms with Crippen molar-refractivity contribution < 1.29 is 9.53 Å². The molecule has 0 unspecified atom stereocenters. The molecule has 1 heterocycles. The molecule has 0 radical (unpaired) electrons. The fourth-order valence-electron chi connectivity index (χ4n) is 1.45. The zero-order valence-electron chi connectivity index (χ0n) is 9.25. The van der Waals surface area contributed by atoms with Crippen LogP contribution < -0.4 is 9.75 Å². The minimum absolute atomic E-state index is 0.143. The van der Waals surface area contributed by atoms with E-state index in [1.165, 1.54) is 5.01 Å². The Kier molecular flexibility index (Phi) is 2.76. The summed E-state index contributed by atoms with van der Waals surface area (Å²) >= 11 is 0. The normalized spacial score (nSPS) is 15.5. The fraction of sp³-hybridized carbons (Fsp3) is 0.273. The van der Waals surface area contributed by atoms with Crippen LogP contribution in [-0.2, 0) is 0 Å². The third kappa shape index (κ3) is 1.84. The Labute approximate surface area is 93.9 Å². The number of rotatable bonds is 2. The van der Waals surface area contributed by atoms with Crippen molar-refractivity contribution in [2.24, 2.45) is 5.10 Å². The van der Waals surface area contributed by atoms with Crippen molar-refractivity contribution in [2.45, 2.75) is 0 Å². The van der Waals surface area contributed by atoms with Gasteiger partial charge in [-0.25, -0.2) is 4.79 Å². The van der Waals surface area contributed by atoms with E-state index < -0.39 is 0 Å². The standard InChI is InChI=1S/C11H13N3O2/c1-13-7-6-12-14(11(13)15)9-4-3-5-10(8-9)16-2/h3-6,8H,7H2,1-2H3. The number of anilines is 1. The highest BCUT2D eigenvalue weighted by atomic mass is 16.5. The van der Waals surface area contributed by atoms with Crippen LogP contribution >= 0.6 is 0 Å². The summed E-state index contributed by atoms with van der Waals surface area (Å²) in [6.45, 7) is 0.541. The number of urea groups is 1. The van der Waals surface area contributed by atoms with E-state index in [9.17, 15) is 4.79 Å². The average Bonchev–Trinajstić information content (AvgIpc) is 2.33. The van der Waals surface area contributed by atoms with Crippen molar-refractivity contribution in [1.29, 1.82) is 0 Å². The summed E-state index contributed by atoms with van der Waals surface area (Å²) in [7, 11) is 3.33. The van der Waals surface area contributed by atoms with Crippen LogP contribution in [0.2, 0.25) is 0 Å². The molecule has 1 aromatic carbocycles. The molecular formula is C11H13N3O2. The van der Waals surface area contributed by atoms with Gasteiger partial charge in [-0.2, -0.15) is 10.1 Å². The third-order valence-electron chi connectivity index (χ3n) is 2.36. The van der Waals surface area contributed by atoms with Gasteiger partial charge in [-0.05, 0) is 12.1 Å². The second-order valence-corrected chi connectivity index (χ2v) is 3.47. The molecule has 5 nitrogen and oxygen atoms in total. The van der Waals surface area contributed by atoms with Gasteiger partial charge < -0.3 is 9.64 Å². The van der Waals surface area contributed by atoms with Crippen molar-refractivity contribution in [3.8, 4) is 5.75 Å². The molecule has 84 valence electrons. The highest BCUT2D eigenvalue weighted by molar-refractivity contribution is 5.95. The molecule has 2 rings (SSSR count). The van der Waals surface area contributed by atoms with Crippen LogP contribution in [0.15, 0.2) is 29.4 Å². The van der Waals surface area contributed by atoms with Gasteiger partial charge in [-0.1, -0.05) is 6.07 Å². The Morgan fingerprint density at radius 1 is 1.44 bits per heavy atom. The van der Waals surface area contributed by atoms with Gasteiger partial charge in [0, 0.05) is 19.3 Å². The van der Waals surface area contributed by atoms with Gasteiger partial charge >= 0.3 is 6.03 Å². The van der Waals surface area contributed by atoms with Crippen LogP contribution in [0.3, 0.4) is 0 Å². The number of hydrazone groups is 1. The maximum Gasteiger partial charge on any atom is 0.345 e. The molecule has 0 aromatic heterocycles. The minimum Gasteiger partial charge on any atom is -0.497 e. The molecule has 0 spiro atoms. The molecular weight excluding hydrogens is 206 g/mol. The van der Waals surface area contributed by atoms with E-state index >= 15 is 0 Å². The SMILES string of the molecule is COc1cccc(N2N=CCN(C)C2=O)c1. The van der Waals surface area contributed by atoms with Crippen LogP contribution in [-0.4, -0.2) is 37.8 Å². The first-order valence-electron chi connectivity index (χ1n) is 4.94. The Bertz CT molecular complexity index is 431. The van der Waals surface area contributed by atoms with E-state index in [-0.39, 0.29) is 6.03 Å².